The molecule has 0 fully saturated rings. The topological polar surface area (TPSA) is 135 Å². The van der Waals surface area contributed by atoms with Crippen LogP contribution < -0.4 is 10.0 Å². The Bertz CT molecular complexity index is 1640. The molecular weight excluding hydrogens is 568 g/mol. The van der Waals surface area contributed by atoms with Gasteiger partial charge in [-0.25, -0.2) is 13.4 Å². The van der Waals surface area contributed by atoms with Crippen LogP contribution in [-0.2, 0) is 35.5 Å². The van der Waals surface area contributed by atoms with Gasteiger partial charge >= 0.3 is 12.4 Å². The van der Waals surface area contributed by atoms with Crippen LogP contribution in [0.3, 0.4) is 0 Å². The largest absolute Gasteiger partial charge is 0.433 e. The highest BCUT2D eigenvalue weighted by molar-refractivity contribution is 7.92. The lowest BCUT2D eigenvalue weighted by Gasteiger charge is -2.28. The average Bonchev–Trinajstić information content (AvgIpc) is 3.36. The first-order chi connectivity index (χ1) is 18.6. The van der Waals surface area contributed by atoms with Crippen LogP contribution >= 0.6 is 0 Å². The lowest BCUT2D eigenvalue weighted by atomic mass is 10.1. The number of hydrogen-bond acceptors (Lipinski definition) is 8. The van der Waals surface area contributed by atoms with Crippen LogP contribution in [0.1, 0.15) is 28.3 Å². The zero-order valence-corrected chi connectivity index (χ0v) is 21.1. The summed E-state index contributed by atoms with van der Waals surface area (Å²) in [5.74, 6) is -0.927. The average molecular weight is 588 g/mol. The van der Waals surface area contributed by atoms with Crippen molar-refractivity contribution in [2.24, 2.45) is 0 Å². The van der Waals surface area contributed by atoms with Crippen molar-refractivity contribution in [3.8, 4) is 11.4 Å². The van der Waals surface area contributed by atoms with Crippen molar-refractivity contribution in [3.63, 3.8) is 0 Å². The van der Waals surface area contributed by atoms with Crippen LogP contribution in [0, 0.1) is 6.92 Å². The van der Waals surface area contributed by atoms with E-state index in [4.69, 9.17) is 10.3 Å². The van der Waals surface area contributed by atoms with Gasteiger partial charge in [-0.2, -0.15) is 31.3 Å². The molecular formula is C24H19F6N5O4S. The van der Waals surface area contributed by atoms with Crippen molar-refractivity contribution < 1.29 is 44.4 Å². The van der Waals surface area contributed by atoms with E-state index in [9.17, 15) is 39.9 Å². The molecule has 0 saturated heterocycles. The van der Waals surface area contributed by atoms with Crippen LogP contribution in [0.25, 0.3) is 11.4 Å². The first-order valence-electron chi connectivity index (χ1n) is 11.2. The predicted molar refractivity (Wildman–Crippen MR) is 129 cm³/mol. The minimum Gasteiger partial charge on any atom is -0.387 e. The van der Waals surface area contributed by atoms with E-state index in [2.05, 4.69) is 15.1 Å². The van der Waals surface area contributed by atoms with E-state index in [0.717, 1.165) is 22.5 Å². The predicted octanol–water partition coefficient (Wildman–Crippen LogP) is 4.95. The highest BCUT2D eigenvalue weighted by Gasteiger charge is 2.35. The van der Waals surface area contributed by atoms with Crippen molar-refractivity contribution in [3.05, 3.63) is 82.9 Å². The number of anilines is 2. The molecule has 0 unspecified atom stereocenters. The van der Waals surface area contributed by atoms with E-state index in [1.807, 2.05) is 0 Å². The maximum Gasteiger partial charge on any atom is 0.433 e. The zero-order chi connectivity index (χ0) is 29.5. The van der Waals surface area contributed by atoms with Gasteiger partial charge in [0.05, 0.1) is 22.7 Å². The fourth-order valence-electron chi connectivity index (χ4n) is 3.78. The van der Waals surface area contributed by atoms with Crippen LogP contribution in [0.5, 0.6) is 0 Å². The van der Waals surface area contributed by atoms with Gasteiger partial charge in [0.15, 0.2) is 0 Å². The minimum absolute atomic E-state index is 0.0630. The van der Waals surface area contributed by atoms with Crippen molar-refractivity contribution in [1.82, 2.24) is 15.1 Å². The Morgan fingerprint density at radius 1 is 0.950 bits per heavy atom. The number of nitrogen functional groups attached to an aromatic ring is 1. The number of rotatable bonds is 7. The zero-order valence-electron chi connectivity index (χ0n) is 20.3. The molecule has 0 aliphatic heterocycles. The molecule has 40 heavy (non-hydrogen) atoms. The van der Waals surface area contributed by atoms with Gasteiger partial charge in [0, 0.05) is 11.1 Å². The van der Waals surface area contributed by atoms with E-state index in [-0.39, 0.29) is 28.5 Å². The van der Waals surface area contributed by atoms with Gasteiger partial charge < -0.3 is 15.4 Å². The molecule has 0 atom stereocenters. The summed E-state index contributed by atoms with van der Waals surface area (Å²) in [7, 11) is -4.70. The molecule has 2 heterocycles. The molecule has 3 N–H and O–H groups in total. The number of alkyl halides is 6. The lowest BCUT2D eigenvalue weighted by molar-refractivity contribution is -0.141. The summed E-state index contributed by atoms with van der Waals surface area (Å²) in [6.45, 7) is 0.244. The molecule has 0 bridgehead atoms. The number of para-hydroxylation sites is 1. The van der Waals surface area contributed by atoms with Crippen molar-refractivity contribution in [2.75, 3.05) is 10.0 Å². The van der Waals surface area contributed by atoms with Gasteiger partial charge in [0.2, 0.25) is 5.82 Å². The molecule has 0 amide bonds. The van der Waals surface area contributed by atoms with Crippen LogP contribution in [0.4, 0.5) is 37.8 Å². The Hall–Kier alpha value is -4.18. The lowest BCUT2D eigenvalue weighted by Crippen LogP contribution is -2.32. The molecule has 0 aliphatic rings. The number of aromatic nitrogens is 3. The molecule has 0 radical (unpaired) electrons. The minimum atomic E-state index is -4.81. The Morgan fingerprint density at radius 2 is 1.62 bits per heavy atom. The van der Waals surface area contributed by atoms with Gasteiger partial charge in [-0.05, 0) is 48.9 Å². The summed E-state index contributed by atoms with van der Waals surface area (Å²) in [6.07, 6.45) is -9.54. The van der Waals surface area contributed by atoms with Gasteiger partial charge in [0.1, 0.15) is 18.1 Å². The summed E-state index contributed by atoms with van der Waals surface area (Å²) in [6, 6.07) is 8.77. The third kappa shape index (κ3) is 5.72. The number of nitrogens with zero attached hydrogens (tertiary/aromatic N) is 4. The van der Waals surface area contributed by atoms with E-state index in [0.29, 0.717) is 23.8 Å². The monoisotopic (exact) mass is 587 g/mol. The number of sulfonamides is 1. The number of aliphatic hydroxyl groups excluding tert-OH is 1. The van der Waals surface area contributed by atoms with Gasteiger partial charge in [-0.15, -0.1) is 0 Å². The van der Waals surface area contributed by atoms with Crippen molar-refractivity contribution in [1.29, 1.82) is 0 Å². The molecule has 16 heteroatoms. The number of pyridine rings is 1. The van der Waals surface area contributed by atoms with Crippen molar-refractivity contribution >= 4 is 21.5 Å². The Labute approximate surface area is 222 Å². The molecule has 2 aromatic heterocycles. The Kier molecular flexibility index (Phi) is 7.51. The summed E-state index contributed by atoms with van der Waals surface area (Å²) in [5, 5.41) is 13.1. The van der Waals surface area contributed by atoms with Gasteiger partial charge in [-0.1, -0.05) is 23.4 Å². The second-order valence-corrected chi connectivity index (χ2v) is 10.3. The third-order valence-electron chi connectivity index (χ3n) is 5.72. The molecule has 4 aromatic rings. The van der Waals surface area contributed by atoms with Crippen LogP contribution in [-0.4, -0.2) is 28.6 Å². The quantitative estimate of drug-likeness (QED) is 0.290. The second-order valence-electron chi connectivity index (χ2n) is 8.41. The maximum atomic E-state index is 13.9. The van der Waals surface area contributed by atoms with E-state index >= 15 is 0 Å². The standard InChI is InChI=1S/C24H19F6N5O4S/c1-13-3-2-4-17(22-33-19(12-36)39-34-22)20(13)35(11-14-5-10-18(24(28,29)30)32-21(14)31)40(37,38)16-8-6-15(7-9-16)23(25,26)27/h2-10,36H,11-12H2,1H3,(H2,31,32). The van der Waals surface area contributed by atoms with E-state index in [1.54, 1.807) is 6.07 Å². The fraction of sp³-hybridized carbons (Fsp3) is 0.208. The molecule has 212 valence electrons. The number of aliphatic hydroxyl groups is 1. The number of nitrogens with two attached hydrogens (primary N) is 1. The summed E-state index contributed by atoms with van der Waals surface area (Å²) in [5.41, 5.74) is 3.60. The summed E-state index contributed by atoms with van der Waals surface area (Å²) in [4.78, 5) is 6.80. The van der Waals surface area contributed by atoms with E-state index in [1.165, 1.54) is 19.1 Å². The summed E-state index contributed by atoms with van der Waals surface area (Å²) >= 11 is 0. The number of benzene rings is 2. The normalized spacial score (nSPS) is 12.5. The molecule has 0 aliphatic carbocycles. The highest BCUT2D eigenvalue weighted by atomic mass is 32.2. The van der Waals surface area contributed by atoms with Crippen LogP contribution in [0.2, 0.25) is 0 Å². The van der Waals surface area contributed by atoms with Gasteiger partial charge in [-0.3, -0.25) is 4.31 Å². The first kappa shape index (κ1) is 28.8. The number of halogens is 6. The SMILES string of the molecule is Cc1cccc(-c2noc(CO)n2)c1N(Cc1ccc(C(F)(F)F)nc1N)S(=O)(=O)c1ccc(C(F)(F)F)cc1. The second kappa shape index (κ2) is 10.4. The summed E-state index contributed by atoms with van der Waals surface area (Å²) < 4.78 is 112. The fourth-order valence-corrected chi connectivity index (χ4v) is 5.30. The Morgan fingerprint density at radius 3 is 2.17 bits per heavy atom. The maximum absolute atomic E-state index is 13.9. The number of aryl methyl sites for hydroxylation is 1. The van der Waals surface area contributed by atoms with Crippen LogP contribution in [0.15, 0.2) is 64.0 Å². The molecule has 0 saturated carbocycles. The molecule has 0 spiro atoms. The van der Waals surface area contributed by atoms with E-state index < -0.39 is 57.5 Å². The third-order valence-corrected chi connectivity index (χ3v) is 7.48. The molecule has 4 rings (SSSR count). The molecule has 2 aromatic carbocycles. The highest BCUT2D eigenvalue weighted by Crippen LogP contribution is 2.38. The molecule has 9 nitrogen and oxygen atoms in total. The smallest absolute Gasteiger partial charge is 0.387 e. The first-order valence-corrected chi connectivity index (χ1v) is 12.6. The Balaban J connectivity index is 1.91. The van der Waals surface area contributed by atoms with Gasteiger partial charge in [0.25, 0.3) is 15.9 Å². The number of hydrogen-bond donors (Lipinski definition) is 2. The van der Waals surface area contributed by atoms with Crippen molar-refractivity contribution in [2.45, 2.75) is 37.3 Å².